The highest BCUT2D eigenvalue weighted by Crippen LogP contribution is 1.75. The molecule has 0 rings (SSSR count). The molecular formula is C6H9NO2. The normalized spacial score (nSPS) is 7.33. The minimum Gasteiger partial charge on any atom is -0.480 e. The molecule has 0 aromatic rings. The lowest BCUT2D eigenvalue weighted by Gasteiger charge is -2.04. The van der Waals surface area contributed by atoms with Gasteiger partial charge in [-0.05, 0) is 6.92 Å². The summed E-state index contributed by atoms with van der Waals surface area (Å²) in [7, 11) is 1.63. The molecule has 50 valence electrons. The van der Waals surface area contributed by atoms with Crippen LogP contribution in [0.25, 0.3) is 0 Å². The van der Waals surface area contributed by atoms with Gasteiger partial charge in [-0.3, -0.25) is 4.79 Å². The van der Waals surface area contributed by atoms with Crippen molar-refractivity contribution in [3.8, 4) is 12.0 Å². The summed E-state index contributed by atoms with van der Waals surface area (Å²) in [4.78, 5) is 11.4. The Labute approximate surface area is 54.3 Å². The van der Waals surface area contributed by atoms with Gasteiger partial charge < -0.3 is 10.0 Å². The van der Waals surface area contributed by atoms with E-state index in [1.54, 1.807) is 14.0 Å². The van der Waals surface area contributed by atoms with Crippen molar-refractivity contribution in [1.82, 2.24) is 4.90 Å². The fraction of sp³-hybridized carbons (Fsp3) is 0.500. The first-order chi connectivity index (χ1) is 4.16. The maximum Gasteiger partial charge on any atom is 0.323 e. The fourth-order valence-corrected chi connectivity index (χ4v) is 0.433. The van der Waals surface area contributed by atoms with Gasteiger partial charge in [0.05, 0.1) is 0 Å². The Morgan fingerprint density at radius 3 is 2.67 bits per heavy atom. The van der Waals surface area contributed by atoms with Crippen molar-refractivity contribution in [1.29, 1.82) is 0 Å². The number of aliphatic carboxylic acids is 1. The zero-order valence-corrected chi connectivity index (χ0v) is 5.51. The minimum absolute atomic E-state index is 0.0269. The second kappa shape index (κ2) is 3.79. The molecule has 0 amide bonds. The van der Waals surface area contributed by atoms with E-state index in [9.17, 15) is 4.79 Å². The van der Waals surface area contributed by atoms with Crippen LogP contribution in [-0.2, 0) is 4.79 Å². The monoisotopic (exact) mass is 127 g/mol. The van der Waals surface area contributed by atoms with Crippen LogP contribution in [0.1, 0.15) is 6.92 Å². The van der Waals surface area contributed by atoms with Gasteiger partial charge in [0, 0.05) is 13.1 Å². The molecule has 3 nitrogen and oxygen atoms in total. The first kappa shape index (κ1) is 7.83. The number of carbonyl (C=O) groups is 1. The molecular weight excluding hydrogens is 118 g/mol. The van der Waals surface area contributed by atoms with Gasteiger partial charge in [0.1, 0.15) is 6.54 Å². The van der Waals surface area contributed by atoms with Crippen LogP contribution in [-0.4, -0.2) is 29.6 Å². The fourth-order valence-electron chi connectivity index (χ4n) is 0.433. The molecule has 0 radical (unpaired) electrons. The number of hydrogen-bond donors (Lipinski definition) is 1. The highest BCUT2D eigenvalue weighted by Gasteiger charge is 1.96. The van der Waals surface area contributed by atoms with Crippen LogP contribution < -0.4 is 0 Å². The Morgan fingerprint density at radius 2 is 2.33 bits per heavy atom. The third-order valence-electron chi connectivity index (χ3n) is 0.675. The zero-order chi connectivity index (χ0) is 7.28. The Morgan fingerprint density at radius 1 is 1.78 bits per heavy atom. The third kappa shape index (κ3) is 4.69. The van der Waals surface area contributed by atoms with E-state index < -0.39 is 5.97 Å². The number of rotatable bonds is 2. The molecule has 9 heavy (non-hydrogen) atoms. The SMILES string of the molecule is CC#CN(C)CC(=O)O. The smallest absolute Gasteiger partial charge is 0.323 e. The van der Waals surface area contributed by atoms with E-state index in [0.717, 1.165) is 0 Å². The number of carboxylic acid groups (broad SMARTS) is 1. The van der Waals surface area contributed by atoms with Gasteiger partial charge >= 0.3 is 5.97 Å². The summed E-state index contributed by atoms with van der Waals surface area (Å²) in [6.45, 7) is 1.64. The minimum atomic E-state index is -0.861. The molecule has 0 aliphatic carbocycles. The molecule has 0 aliphatic rings. The molecule has 3 heteroatoms. The summed E-state index contributed by atoms with van der Waals surface area (Å²) in [5.41, 5.74) is 0. The van der Waals surface area contributed by atoms with Gasteiger partial charge in [0.15, 0.2) is 0 Å². The van der Waals surface area contributed by atoms with Crippen LogP contribution in [0.5, 0.6) is 0 Å². The Hall–Kier alpha value is -1.17. The van der Waals surface area contributed by atoms with Crippen LogP contribution in [0.15, 0.2) is 0 Å². The Bertz CT molecular complexity index is 154. The summed E-state index contributed by atoms with van der Waals surface area (Å²) in [5, 5.41) is 8.20. The van der Waals surface area contributed by atoms with E-state index in [-0.39, 0.29) is 6.54 Å². The van der Waals surface area contributed by atoms with E-state index in [2.05, 4.69) is 12.0 Å². The van der Waals surface area contributed by atoms with Gasteiger partial charge in [-0.25, -0.2) is 0 Å². The lowest BCUT2D eigenvalue weighted by molar-refractivity contribution is -0.137. The van der Waals surface area contributed by atoms with Gasteiger partial charge in [0.25, 0.3) is 0 Å². The highest BCUT2D eigenvalue weighted by molar-refractivity contribution is 5.69. The van der Waals surface area contributed by atoms with E-state index in [0.29, 0.717) is 0 Å². The number of likely N-dealkylation sites (N-methyl/N-ethyl adjacent to an activating group) is 1. The zero-order valence-electron chi connectivity index (χ0n) is 5.51. The molecule has 0 aromatic heterocycles. The van der Waals surface area contributed by atoms with E-state index in [1.165, 1.54) is 4.90 Å². The Kier molecular flexibility index (Phi) is 3.29. The molecule has 0 atom stereocenters. The van der Waals surface area contributed by atoms with Crippen LogP contribution in [0.3, 0.4) is 0 Å². The van der Waals surface area contributed by atoms with Crippen molar-refractivity contribution in [2.45, 2.75) is 6.92 Å². The van der Waals surface area contributed by atoms with Crippen molar-refractivity contribution >= 4 is 5.97 Å². The van der Waals surface area contributed by atoms with E-state index >= 15 is 0 Å². The molecule has 0 heterocycles. The lowest BCUT2D eigenvalue weighted by atomic mass is 10.6. The topological polar surface area (TPSA) is 40.5 Å². The van der Waals surface area contributed by atoms with E-state index in [1.807, 2.05) is 0 Å². The summed E-state index contributed by atoms with van der Waals surface area (Å²) < 4.78 is 0. The first-order valence-corrected chi connectivity index (χ1v) is 2.52. The number of nitrogens with zero attached hydrogens (tertiary/aromatic N) is 1. The largest absolute Gasteiger partial charge is 0.480 e. The second-order valence-corrected chi connectivity index (χ2v) is 1.61. The summed E-state index contributed by atoms with van der Waals surface area (Å²) in [6.07, 6.45) is 0. The van der Waals surface area contributed by atoms with Gasteiger partial charge in [-0.2, -0.15) is 0 Å². The van der Waals surface area contributed by atoms with E-state index in [4.69, 9.17) is 5.11 Å². The molecule has 0 fully saturated rings. The maximum absolute atomic E-state index is 9.98. The molecule has 0 saturated carbocycles. The maximum atomic E-state index is 9.98. The van der Waals surface area contributed by atoms with Crippen molar-refractivity contribution in [3.05, 3.63) is 0 Å². The lowest BCUT2D eigenvalue weighted by Crippen LogP contribution is -2.20. The highest BCUT2D eigenvalue weighted by atomic mass is 16.4. The molecule has 0 spiro atoms. The van der Waals surface area contributed by atoms with Gasteiger partial charge in [-0.1, -0.05) is 5.92 Å². The molecule has 0 unspecified atom stereocenters. The molecule has 1 N–H and O–H groups in total. The van der Waals surface area contributed by atoms with Crippen LogP contribution in [0.2, 0.25) is 0 Å². The predicted molar refractivity (Wildman–Crippen MR) is 33.7 cm³/mol. The summed E-state index contributed by atoms with van der Waals surface area (Å²) >= 11 is 0. The average Bonchev–Trinajstić information content (AvgIpc) is 1.63. The molecule has 0 aliphatic heterocycles. The molecule has 0 bridgehead atoms. The van der Waals surface area contributed by atoms with Crippen molar-refractivity contribution < 1.29 is 9.90 Å². The number of carboxylic acids is 1. The van der Waals surface area contributed by atoms with Crippen molar-refractivity contribution in [2.24, 2.45) is 0 Å². The van der Waals surface area contributed by atoms with Crippen molar-refractivity contribution in [3.63, 3.8) is 0 Å². The quantitative estimate of drug-likeness (QED) is 0.418. The summed E-state index contributed by atoms with van der Waals surface area (Å²) in [5.74, 6) is 1.72. The molecule has 0 aromatic carbocycles. The standard InChI is InChI=1S/C6H9NO2/c1-3-4-7(2)5-6(8)9/h5H2,1-2H3,(H,8,9). The average molecular weight is 127 g/mol. The van der Waals surface area contributed by atoms with Crippen LogP contribution >= 0.6 is 0 Å². The third-order valence-corrected chi connectivity index (χ3v) is 0.675. The van der Waals surface area contributed by atoms with Gasteiger partial charge in [0.2, 0.25) is 0 Å². The van der Waals surface area contributed by atoms with Gasteiger partial charge in [-0.15, -0.1) is 0 Å². The molecule has 0 saturated heterocycles. The first-order valence-electron chi connectivity index (χ1n) is 2.52. The Balaban J connectivity index is 3.59. The number of hydrogen-bond acceptors (Lipinski definition) is 2. The van der Waals surface area contributed by atoms with Crippen LogP contribution in [0, 0.1) is 12.0 Å². The van der Waals surface area contributed by atoms with Crippen molar-refractivity contribution in [2.75, 3.05) is 13.6 Å². The second-order valence-electron chi connectivity index (χ2n) is 1.61. The predicted octanol–water partition coefficient (Wildman–Crippen LogP) is -0.0164. The summed E-state index contributed by atoms with van der Waals surface area (Å²) in [6, 6.07) is 2.58. The van der Waals surface area contributed by atoms with Crippen LogP contribution in [0.4, 0.5) is 0 Å².